The van der Waals surface area contributed by atoms with Gasteiger partial charge in [0.05, 0.1) is 23.4 Å². The first-order valence-electron chi connectivity index (χ1n) is 8.96. The molecule has 1 fully saturated rings. The SMILES string of the molecule is CCCOc1ccc(NC(=O)c2nnn(C3CCNCC3)c2C)cc1Cl. The summed E-state index contributed by atoms with van der Waals surface area (Å²) in [5.74, 6) is 0.320. The Morgan fingerprint density at radius 2 is 2.19 bits per heavy atom. The molecule has 0 unspecified atom stereocenters. The molecule has 2 aromatic rings. The van der Waals surface area contributed by atoms with E-state index < -0.39 is 0 Å². The highest BCUT2D eigenvalue weighted by Gasteiger charge is 2.23. The summed E-state index contributed by atoms with van der Waals surface area (Å²) >= 11 is 6.22. The van der Waals surface area contributed by atoms with Gasteiger partial charge < -0.3 is 15.4 Å². The van der Waals surface area contributed by atoms with Crippen molar-refractivity contribution in [1.29, 1.82) is 0 Å². The van der Waals surface area contributed by atoms with Crippen LogP contribution in [0.15, 0.2) is 18.2 Å². The van der Waals surface area contributed by atoms with Gasteiger partial charge in [0.2, 0.25) is 0 Å². The Morgan fingerprint density at radius 1 is 1.42 bits per heavy atom. The normalized spacial score (nSPS) is 15.0. The summed E-state index contributed by atoms with van der Waals surface area (Å²) in [6.07, 6.45) is 2.88. The molecule has 2 N–H and O–H groups in total. The highest BCUT2D eigenvalue weighted by atomic mass is 35.5. The van der Waals surface area contributed by atoms with Gasteiger partial charge in [-0.15, -0.1) is 5.10 Å². The average molecular weight is 378 g/mol. The molecule has 140 valence electrons. The molecule has 1 amide bonds. The number of hydrogen-bond donors (Lipinski definition) is 2. The molecule has 0 atom stereocenters. The predicted molar refractivity (Wildman–Crippen MR) is 101 cm³/mol. The van der Waals surface area contributed by atoms with Gasteiger partial charge in [0.1, 0.15) is 5.75 Å². The van der Waals surface area contributed by atoms with Crippen LogP contribution in [-0.2, 0) is 0 Å². The fourth-order valence-corrected chi connectivity index (χ4v) is 3.28. The number of carbonyl (C=O) groups is 1. The molecule has 0 saturated carbocycles. The summed E-state index contributed by atoms with van der Waals surface area (Å²) in [4.78, 5) is 12.6. The number of nitrogens with zero attached hydrogens (tertiary/aromatic N) is 3. The van der Waals surface area contributed by atoms with E-state index in [9.17, 15) is 4.79 Å². The van der Waals surface area contributed by atoms with Gasteiger partial charge >= 0.3 is 0 Å². The number of nitrogens with one attached hydrogen (secondary N) is 2. The Hall–Kier alpha value is -2.12. The number of aromatic nitrogens is 3. The third-order valence-electron chi connectivity index (χ3n) is 4.45. The second-order valence-electron chi connectivity index (χ2n) is 6.40. The summed E-state index contributed by atoms with van der Waals surface area (Å²) in [5.41, 5.74) is 1.72. The van der Waals surface area contributed by atoms with Crippen LogP contribution in [0.5, 0.6) is 5.75 Å². The lowest BCUT2D eigenvalue weighted by Gasteiger charge is -2.23. The third kappa shape index (κ3) is 4.16. The summed E-state index contributed by atoms with van der Waals surface area (Å²) < 4.78 is 7.41. The molecule has 3 rings (SSSR count). The van der Waals surface area contributed by atoms with E-state index in [-0.39, 0.29) is 11.9 Å². The number of halogens is 1. The molecule has 0 radical (unpaired) electrons. The third-order valence-corrected chi connectivity index (χ3v) is 4.74. The van der Waals surface area contributed by atoms with Crippen LogP contribution in [0.25, 0.3) is 0 Å². The van der Waals surface area contributed by atoms with Crippen molar-refractivity contribution < 1.29 is 9.53 Å². The van der Waals surface area contributed by atoms with E-state index in [1.807, 2.05) is 18.5 Å². The van der Waals surface area contributed by atoms with Crippen LogP contribution < -0.4 is 15.4 Å². The number of amides is 1. The number of hydrogen-bond acceptors (Lipinski definition) is 5. The van der Waals surface area contributed by atoms with Crippen LogP contribution >= 0.6 is 11.6 Å². The molecule has 26 heavy (non-hydrogen) atoms. The molecule has 1 aromatic heterocycles. The summed E-state index contributed by atoms with van der Waals surface area (Å²) in [7, 11) is 0. The maximum absolute atomic E-state index is 12.6. The first-order chi connectivity index (χ1) is 12.6. The van der Waals surface area contributed by atoms with Crippen molar-refractivity contribution in [2.24, 2.45) is 0 Å². The quantitative estimate of drug-likeness (QED) is 0.807. The number of piperidine rings is 1. The van der Waals surface area contributed by atoms with E-state index in [2.05, 4.69) is 20.9 Å². The first kappa shape index (κ1) is 18.7. The van der Waals surface area contributed by atoms with Crippen molar-refractivity contribution in [3.05, 3.63) is 34.6 Å². The molecule has 1 saturated heterocycles. The minimum Gasteiger partial charge on any atom is -0.492 e. The number of carbonyl (C=O) groups excluding carboxylic acids is 1. The number of ether oxygens (including phenoxy) is 1. The van der Waals surface area contributed by atoms with Crippen molar-refractivity contribution >= 4 is 23.2 Å². The van der Waals surface area contributed by atoms with E-state index in [4.69, 9.17) is 16.3 Å². The van der Waals surface area contributed by atoms with E-state index in [0.717, 1.165) is 38.0 Å². The number of anilines is 1. The van der Waals surface area contributed by atoms with Gasteiger partial charge in [0.15, 0.2) is 5.69 Å². The van der Waals surface area contributed by atoms with E-state index in [1.165, 1.54) is 0 Å². The number of benzene rings is 1. The molecule has 0 aliphatic carbocycles. The lowest BCUT2D eigenvalue weighted by molar-refractivity contribution is 0.102. The molecule has 7 nitrogen and oxygen atoms in total. The minimum atomic E-state index is -0.291. The second kappa shape index (κ2) is 8.51. The van der Waals surface area contributed by atoms with Crippen LogP contribution in [-0.4, -0.2) is 40.6 Å². The average Bonchev–Trinajstić information content (AvgIpc) is 3.03. The zero-order valence-electron chi connectivity index (χ0n) is 15.1. The maximum atomic E-state index is 12.6. The van der Waals surface area contributed by atoms with Crippen molar-refractivity contribution in [3.63, 3.8) is 0 Å². The monoisotopic (exact) mass is 377 g/mol. The topological polar surface area (TPSA) is 81.1 Å². The van der Waals surface area contributed by atoms with Crippen LogP contribution in [0, 0.1) is 6.92 Å². The van der Waals surface area contributed by atoms with Crippen molar-refractivity contribution in [2.75, 3.05) is 25.0 Å². The first-order valence-corrected chi connectivity index (χ1v) is 9.34. The Bertz CT molecular complexity index is 771. The molecule has 0 bridgehead atoms. The van der Waals surface area contributed by atoms with Gasteiger partial charge in [0, 0.05) is 5.69 Å². The Balaban J connectivity index is 1.70. The summed E-state index contributed by atoms with van der Waals surface area (Å²) in [6, 6.07) is 5.49. The lowest BCUT2D eigenvalue weighted by Crippen LogP contribution is -2.30. The highest BCUT2D eigenvalue weighted by Crippen LogP contribution is 2.28. The van der Waals surface area contributed by atoms with Gasteiger partial charge in [-0.1, -0.05) is 23.7 Å². The molecular weight excluding hydrogens is 354 g/mol. The van der Waals surface area contributed by atoms with Crippen LogP contribution in [0.4, 0.5) is 5.69 Å². The Labute approximate surface area is 158 Å². The molecule has 0 spiro atoms. The largest absolute Gasteiger partial charge is 0.492 e. The second-order valence-corrected chi connectivity index (χ2v) is 6.80. The summed E-state index contributed by atoms with van der Waals surface area (Å²) in [6.45, 7) is 6.42. The molecular formula is C18H24ClN5O2. The van der Waals surface area contributed by atoms with Gasteiger partial charge in [-0.2, -0.15) is 0 Å². The van der Waals surface area contributed by atoms with Gasteiger partial charge in [-0.05, 0) is 57.5 Å². The van der Waals surface area contributed by atoms with Gasteiger partial charge in [-0.3, -0.25) is 4.79 Å². The van der Waals surface area contributed by atoms with Crippen molar-refractivity contribution in [2.45, 2.75) is 39.2 Å². The van der Waals surface area contributed by atoms with Gasteiger partial charge in [0.25, 0.3) is 5.91 Å². The maximum Gasteiger partial charge on any atom is 0.278 e. The molecule has 1 aliphatic rings. The fraction of sp³-hybridized carbons (Fsp3) is 0.500. The van der Waals surface area contributed by atoms with E-state index >= 15 is 0 Å². The van der Waals surface area contributed by atoms with Crippen molar-refractivity contribution in [3.8, 4) is 5.75 Å². The molecule has 2 heterocycles. The van der Waals surface area contributed by atoms with Gasteiger partial charge in [-0.25, -0.2) is 4.68 Å². The number of rotatable bonds is 6. The zero-order chi connectivity index (χ0) is 18.5. The Kier molecular flexibility index (Phi) is 6.11. The van der Waals surface area contributed by atoms with Crippen LogP contribution in [0.1, 0.15) is 48.4 Å². The van der Waals surface area contributed by atoms with Crippen LogP contribution in [0.3, 0.4) is 0 Å². The predicted octanol–water partition coefficient (Wildman–Crippen LogP) is 3.21. The van der Waals surface area contributed by atoms with Crippen molar-refractivity contribution in [1.82, 2.24) is 20.3 Å². The van der Waals surface area contributed by atoms with Crippen LogP contribution in [0.2, 0.25) is 5.02 Å². The molecule has 1 aromatic carbocycles. The smallest absolute Gasteiger partial charge is 0.278 e. The van der Waals surface area contributed by atoms with E-state index in [1.54, 1.807) is 18.2 Å². The zero-order valence-corrected chi connectivity index (χ0v) is 15.8. The van der Waals surface area contributed by atoms with E-state index in [0.29, 0.717) is 28.8 Å². The highest BCUT2D eigenvalue weighted by molar-refractivity contribution is 6.32. The minimum absolute atomic E-state index is 0.287. The fourth-order valence-electron chi connectivity index (χ4n) is 3.05. The summed E-state index contributed by atoms with van der Waals surface area (Å²) in [5, 5.41) is 14.9. The molecule has 1 aliphatic heterocycles. The standard InChI is InChI=1S/C18H24ClN5O2/c1-3-10-26-16-5-4-13(11-15(16)19)21-18(25)17-12(2)24(23-22-17)14-6-8-20-9-7-14/h4-5,11,14,20H,3,6-10H2,1-2H3,(H,21,25). The lowest BCUT2D eigenvalue weighted by atomic mass is 10.1. The molecule has 8 heteroatoms. The Morgan fingerprint density at radius 3 is 2.88 bits per heavy atom.